The van der Waals surface area contributed by atoms with E-state index < -0.39 is 11.9 Å². The Morgan fingerprint density at radius 1 is 1.05 bits per heavy atom. The van der Waals surface area contributed by atoms with Gasteiger partial charge in [-0.3, -0.25) is 9.59 Å². The number of carboxylic acid groups (broad SMARTS) is 2. The van der Waals surface area contributed by atoms with Gasteiger partial charge in [-0.05, 0) is 37.5 Å². The molecule has 20 heavy (non-hydrogen) atoms. The standard InChI is InChI=1S/C15H21NO4/c1-11-5-6-12(2)13(10-11)16(9-7-15(19)20)8-3-4-14(17)18/h5-6,10H,3-4,7-9H2,1-2H3,(H,17,18)(H,19,20). The number of hydrogen-bond donors (Lipinski definition) is 2. The minimum Gasteiger partial charge on any atom is -0.481 e. The summed E-state index contributed by atoms with van der Waals surface area (Å²) in [7, 11) is 0. The number of carbonyl (C=O) groups is 2. The van der Waals surface area contributed by atoms with Crippen LogP contribution >= 0.6 is 0 Å². The molecule has 5 heteroatoms. The lowest BCUT2D eigenvalue weighted by Gasteiger charge is -2.26. The molecule has 2 N–H and O–H groups in total. The Morgan fingerprint density at radius 2 is 1.70 bits per heavy atom. The highest BCUT2D eigenvalue weighted by Gasteiger charge is 2.12. The van der Waals surface area contributed by atoms with Crippen molar-refractivity contribution in [2.24, 2.45) is 0 Å². The Kier molecular flexibility index (Phi) is 6.03. The zero-order valence-electron chi connectivity index (χ0n) is 11.9. The molecule has 0 heterocycles. The number of aryl methyl sites for hydroxylation is 2. The fourth-order valence-electron chi connectivity index (χ4n) is 2.06. The molecule has 0 aliphatic carbocycles. The maximum Gasteiger partial charge on any atom is 0.305 e. The molecule has 0 aliphatic rings. The van der Waals surface area contributed by atoms with Gasteiger partial charge in [-0.15, -0.1) is 0 Å². The molecule has 0 unspecified atom stereocenters. The van der Waals surface area contributed by atoms with E-state index in [1.54, 1.807) is 0 Å². The second-order valence-electron chi connectivity index (χ2n) is 4.92. The van der Waals surface area contributed by atoms with E-state index in [2.05, 4.69) is 0 Å². The van der Waals surface area contributed by atoms with E-state index in [1.807, 2.05) is 36.9 Å². The highest BCUT2D eigenvalue weighted by Crippen LogP contribution is 2.22. The third-order valence-corrected chi connectivity index (χ3v) is 3.12. The van der Waals surface area contributed by atoms with E-state index in [0.29, 0.717) is 19.5 Å². The molecular weight excluding hydrogens is 258 g/mol. The third kappa shape index (κ3) is 5.30. The van der Waals surface area contributed by atoms with Gasteiger partial charge in [0, 0.05) is 25.2 Å². The number of carboxylic acids is 2. The predicted molar refractivity (Wildman–Crippen MR) is 77.3 cm³/mol. The molecule has 0 saturated carbocycles. The molecule has 0 atom stereocenters. The summed E-state index contributed by atoms with van der Waals surface area (Å²) in [5.41, 5.74) is 3.15. The van der Waals surface area contributed by atoms with E-state index in [0.717, 1.165) is 16.8 Å². The van der Waals surface area contributed by atoms with Crippen molar-refractivity contribution in [3.05, 3.63) is 29.3 Å². The molecule has 1 rings (SSSR count). The molecule has 1 aromatic carbocycles. The largest absolute Gasteiger partial charge is 0.481 e. The Hall–Kier alpha value is -2.04. The van der Waals surface area contributed by atoms with E-state index in [-0.39, 0.29) is 12.8 Å². The van der Waals surface area contributed by atoms with Gasteiger partial charge >= 0.3 is 11.9 Å². The minimum atomic E-state index is -0.849. The van der Waals surface area contributed by atoms with Gasteiger partial charge in [0.2, 0.25) is 0 Å². The molecule has 0 radical (unpaired) electrons. The van der Waals surface area contributed by atoms with Crippen LogP contribution in [0.15, 0.2) is 18.2 Å². The summed E-state index contributed by atoms with van der Waals surface area (Å²) in [6, 6.07) is 6.01. The molecule has 5 nitrogen and oxygen atoms in total. The van der Waals surface area contributed by atoms with Crippen molar-refractivity contribution in [1.29, 1.82) is 0 Å². The molecule has 0 spiro atoms. The van der Waals surface area contributed by atoms with Crippen LogP contribution in [0, 0.1) is 13.8 Å². The Morgan fingerprint density at radius 3 is 2.30 bits per heavy atom. The summed E-state index contributed by atoms with van der Waals surface area (Å²) in [6.07, 6.45) is 0.636. The smallest absolute Gasteiger partial charge is 0.305 e. The van der Waals surface area contributed by atoms with Crippen LogP contribution in [0.4, 0.5) is 5.69 Å². The Bertz CT molecular complexity index is 485. The van der Waals surface area contributed by atoms with Gasteiger partial charge < -0.3 is 15.1 Å². The summed E-state index contributed by atoms with van der Waals surface area (Å²) in [5, 5.41) is 17.5. The fourth-order valence-corrected chi connectivity index (χ4v) is 2.06. The number of nitrogens with zero attached hydrogens (tertiary/aromatic N) is 1. The van der Waals surface area contributed by atoms with Crippen LogP contribution in [-0.4, -0.2) is 35.2 Å². The van der Waals surface area contributed by atoms with E-state index in [1.165, 1.54) is 0 Å². The molecule has 1 aromatic rings. The SMILES string of the molecule is Cc1ccc(C)c(N(CCCC(=O)O)CCC(=O)O)c1. The summed E-state index contributed by atoms with van der Waals surface area (Å²) in [4.78, 5) is 23.3. The number of aliphatic carboxylic acids is 2. The number of benzene rings is 1. The van der Waals surface area contributed by atoms with Crippen LogP contribution in [0.25, 0.3) is 0 Å². The van der Waals surface area contributed by atoms with Gasteiger partial charge in [-0.2, -0.15) is 0 Å². The molecule has 0 saturated heterocycles. The van der Waals surface area contributed by atoms with Crippen molar-refractivity contribution < 1.29 is 19.8 Å². The van der Waals surface area contributed by atoms with E-state index >= 15 is 0 Å². The van der Waals surface area contributed by atoms with Crippen LogP contribution in [0.5, 0.6) is 0 Å². The maximum atomic E-state index is 10.7. The average Bonchev–Trinajstić information content (AvgIpc) is 2.36. The summed E-state index contributed by atoms with van der Waals surface area (Å²) in [6.45, 7) is 4.89. The Balaban J connectivity index is 2.81. The van der Waals surface area contributed by atoms with Crippen molar-refractivity contribution in [2.45, 2.75) is 33.1 Å². The molecule has 0 aromatic heterocycles. The molecule has 0 bridgehead atoms. The van der Waals surface area contributed by atoms with Crippen molar-refractivity contribution >= 4 is 17.6 Å². The third-order valence-electron chi connectivity index (χ3n) is 3.12. The number of hydrogen-bond acceptors (Lipinski definition) is 3. The molecule has 0 fully saturated rings. The van der Waals surface area contributed by atoms with Crippen LogP contribution in [0.1, 0.15) is 30.4 Å². The first-order valence-corrected chi connectivity index (χ1v) is 6.66. The zero-order valence-corrected chi connectivity index (χ0v) is 11.9. The van der Waals surface area contributed by atoms with Gasteiger partial charge in [0.05, 0.1) is 6.42 Å². The van der Waals surface area contributed by atoms with Gasteiger partial charge in [-0.1, -0.05) is 12.1 Å². The summed E-state index contributed by atoms with van der Waals surface area (Å²) < 4.78 is 0. The Labute approximate surface area is 118 Å². The first-order valence-electron chi connectivity index (χ1n) is 6.66. The zero-order chi connectivity index (χ0) is 15.1. The van der Waals surface area contributed by atoms with Crippen molar-refractivity contribution in [1.82, 2.24) is 0 Å². The van der Waals surface area contributed by atoms with Crippen molar-refractivity contribution in [3.8, 4) is 0 Å². The van der Waals surface area contributed by atoms with Gasteiger partial charge in [0.15, 0.2) is 0 Å². The van der Waals surface area contributed by atoms with Crippen molar-refractivity contribution in [2.75, 3.05) is 18.0 Å². The summed E-state index contributed by atoms with van der Waals surface area (Å²) in [5.74, 6) is -1.68. The monoisotopic (exact) mass is 279 g/mol. The first kappa shape index (κ1) is 16.0. The van der Waals surface area contributed by atoms with Crippen LogP contribution in [0.2, 0.25) is 0 Å². The second kappa shape index (κ2) is 7.53. The van der Waals surface area contributed by atoms with E-state index in [4.69, 9.17) is 10.2 Å². The van der Waals surface area contributed by atoms with Crippen LogP contribution in [-0.2, 0) is 9.59 Å². The lowest BCUT2D eigenvalue weighted by atomic mass is 10.1. The van der Waals surface area contributed by atoms with Gasteiger partial charge in [0.25, 0.3) is 0 Å². The molecule has 110 valence electrons. The predicted octanol–water partition coefficient (Wildman–Crippen LogP) is 2.45. The average molecular weight is 279 g/mol. The minimum absolute atomic E-state index is 0.0421. The van der Waals surface area contributed by atoms with Gasteiger partial charge in [0.1, 0.15) is 0 Å². The normalized spacial score (nSPS) is 10.3. The highest BCUT2D eigenvalue weighted by atomic mass is 16.4. The second-order valence-corrected chi connectivity index (χ2v) is 4.92. The van der Waals surface area contributed by atoms with Gasteiger partial charge in [-0.25, -0.2) is 0 Å². The highest BCUT2D eigenvalue weighted by molar-refractivity contribution is 5.68. The fraction of sp³-hybridized carbons (Fsp3) is 0.467. The molecular formula is C15H21NO4. The maximum absolute atomic E-state index is 10.7. The van der Waals surface area contributed by atoms with Crippen molar-refractivity contribution in [3.63, 3.8) is 0 Å². The summed E-state index contributed by atoms with van der Waals surface area (Å²) >= 11 is 0. The topological polar surface area (TPSA) is 77.8 Å². The van der Waals surface area contributed by atoms with E-state index in [9.17, 15) is 9.59 Å². The quantitative estimate of drug-likeness (QED) is 0.764. The van der Waals surface area contributed by atoms with Crippen LogP contribution in [0.3, 0.4) is 0 Å². The van der Waals surface area contributed by atoms with Crippen LogP contribution < -0.4 is 4.90 Å². The lowest BCUT2D eigenvalue weighted by molar-refractivity contribution is -0.138. The number of rotatable bonds is 8. The molecule has 0 amide bonds. The lowest BCUT2D eigenvalue weighted by Crippen LogP contribution is -2.28. The molecule has 0 aliphatic heterocycles. The number of anilines is 1. The first-order chi connectivity index (χ1) is 9.40.